The van der Waals surface area contributed by atoms with Crippen LogP contribution in [0.4, 0.5) is 4.79 Å². The number of rotatable bonds is 6. The Balaban J connectivity index is 2.56. The minimum absolute atomic E-state index is 0.286. The zero-order chi connectivity index (χ0) is 15.2. The molecule has 20 heavy (non-hydrogen) atoms. The Morgan fingerprint density at radius 3 is 2.65 bits per heavy atom. The molecule has 0 spiro atoms. The fourth-order valence-electron chi connectivity index (χ4n) is 1.85. The van der Waals surface area contributed by atoms with Crippen LogP contribution in [0.2, 0.25) is 5.02 Å². The molecule has 0 aliphatic carbocycles. The van der Waals surface area contributed by atoms with Gasteiger partial charge in [-0.1, -0.05) is 37.1 Å². The van der Waals surface area contributed by atoms with Crippen LogP contribution in [0.15, 0.2) is 24.3 Å². The van der Waals surface area contributed by atoms with E-state index in [1.54, 1.807) is 18.2 Å². The van der Waals surface area contributed by atoms with Crippen LogP contribution in [0.3, 0.4) is 0 Å². The Hall–Kier alpha value is -1.75. The first-order valence-electron chi connectivity index (χ1n) is 6.41. The summed E-state index contributed by atoms with van der Waals surface area (Å²) in [5.74, 6) is -1.04. The van der Waals surface area contributed by atoms with Crippen molar-refractivity contribution in [2.24, 2.45) is 0 Å². The lowest BCUT2D eigenvalue weighted by molar-refractivity contribution is -0.144. The summed E-state index contributed by atoms with van der Waals surface area (Å²) in [6.45, 7) is 3.65. The molecule has 1 aromatic carbocycles. The fraction of sp³-hybridized carbons (Fsp3) is 0.429. The van der Waals surface area contributed by atoms with Crippen molar-refractivity contribution in [2.75, 3.05) is 0 Å². The molecule has 1 unspecified atom stereocenters. The third-order valence-electron chi connectivity index (χ3n) is 2.95. The van der Waals surface area contributed by atoms with Gasteiger partial charge in [-0.25, -0.2) is 9.59 Å². The summed E-state index contributed by atoms with van der Waals surface area (Å²) in [5.41, 5.74) is -0.409. The number of urea groups is 1. The quantitative estimate of drug-likeness (QED) is 0.755. The van der Waals surface area contributed by atoms with E-state index in [1.807, 2.05) is 13.0 Å². The van der Waals surface area contributed by atoms with Gasteiger partial charge < -0.3 is 15.7 Å². The van der Waals surface area contributed by atoms with E-state index in [0.717, 1.165) is 5.56 Å². The maximum absolute atomic E-state index is 11.8. The number of halogens is 1. The van der Waals surface area contributed by atoms with Gasteiger partial charge in [0.1, 0.15) is 5.54 Å². The van der Waals surface area contributed by atoms with Crippen LogP contribution < -0.4 is 10.6 Å². The Labute approximate surface area is 123 Å². The molecule has 0 aliphatic heterocycles. The summed E-state index contributed by atoms with van der Waals surface area (Å²) in [6.07, 6.45) is 1.03. The minimum Gasteiger partial charge on any atom is -0.480 e. The molecule has 110 valence electrons. The largest absolute Gasteiger partial charge is 0.480 e. The van der Waals surface area contributed by atoms with Crippen LogP contribution in [-0.2, 0) is 11.3 Å². The Morgan fingerprint density at radius 1 is 1.40 bits per heavy atom. The second-order valence-corrected chi connectivity index (χ2v) is 5.26. The summed E-state index contributed by atoms with van der Waals surface area (Å²) >= 11 is 5.84. The van der Waals surface area contributed by atoms with Crippen LogP contribution in [0.1, 0.15) is 32.3 Å². The highest BCUT2D eigenvalue weighted by atomic mass is 35.5. The van der Waals surface area contributed by atoms with Gasteiger partial charge in [0.25, 0.3) is 0 Å². The summed E-state index contributed by atoms with van der Waals surface area (Å²) < 4.78 is 0. The Morgan fingerprint density at radius 2 is 2.10 bits per heavy atom. The topological polar surface area (TPSA) is 78.4 Å². The van der Waals surface area contributed by atoms with Gasteiger partial charge in [0.2, 0.25) is 0 Å². The lowest BCUT2D eigenvalue weighted by Gasteiger charge is -2.25. The van der Waals surface area contributed by atoms with Crippen molar-refractivity contribution in [2.45, 2.75) is 38.8 Å². The molecule has 0 bridgehead atoms. The van der Waals surface area contributed by atoms with Crippen molar-refractivity contribution >= 4 is 23.6 Å². The fourth-order valence-corrected chi connectivity index (χ4v) is 2.06. The normalized spacial score (nSPS) is 13.3. The van der Waals surface area contributed by atoms with E-state index < -0.39 is 17.5 Å². The van der Waals surface area contributed by atoms with Crippen LogP contribution >= 0.6 is 11.6 Å². The predicted molar refractivity (Wildman–Crippen MR) is 77.8 cm³/mol. The number of carboxylic acids is 1. The van der Waals surface area contributed by atoms with E-state index in [1.165, 1.54) is 6.92 Å². The van der Waals surface area contributed by atoms with Crippen molar-refractivity contribution in [3.8, 4) is 0 Å². The number of hydrogen-bond donors (Lipinski definition) is 3. The summed E-state index contributed by atoms with van der Waals surface area (Å²) in [7, 11) is 0. The van der Waals surface area contributed by atoms with Gasteiger partial charge in [-0.15, -0.1) is 0 Å². The van der Waals surface area contributed by atoms with Crippen molar-refractivity contribution in [3.63, 3.8) is 0 Å². The van der Waals surface area contributed by atoms with Crippen LogP contribution in [0.25, 0.3) is 0 Å². The molecule has 3 N–H and O–H groups in total. The smallest absolute Gasteiger partial charge is 0.329 e. The molecule has 0 aliphatic rings. The van der Waals surface area contributed by atoms with Crippen molar-refractivity contribution in [3.05, 3.63) is 34.9 Å². The number of aliphatic carboxylic acids is 1. The number of carbonyl (C=O) groups is 2. The van der Waals surface area contributed by atoms with Gasteiger partial charge in [-0.05, 0) is 31.0 Å². The first kappa shape index (κ1) is 16.3. The summed E-state index contributed by atoms with van der Waals surface area (Å²) in [5, 5.41) is 14.9. The minimum atomic E-state index is -1.26. The van der Waals surface area contributed by atoms with Gasteiger partial charge in [-0.2, -0.15) is 0 Å². The van der Waals surface area contributed by atoms with Gasteiger partial charge in [0.05, 0.1) is 0 Å². The lowest BCUT2D eigenvalue weighted by Crippen LogP contribution is -2.55. The first-order chi connectivity index (χ1) is 9.37. The first-order valence-corrected chi connectivity index (χ1v) is 6.79. The zero-order valence-electron chi connectivity index (χ0n) is 11.6. The molecule has 0 saturated carbocycles. The highest BCUT2D eigenvalue weighted by Crippen LogP contribution is 2.13. The Bertz CT molecular complexity index is 493. The van der Waals surface area contributed by atoms with Crippen LogP contribution in [0, 0.1) is 0 Å². The van der Waals surface area contributed by atoms with Crippen LogP contribution in [-0.4, -0.2) is 22.6 Å². The number of carboxylic acid groups (broad SMARTS) is 1. The second-order valence-electron chi connectivity index (χ2n) is 4.82. The molecule has 5 nitrogen and oxygen atoms in total. The molecular weight excluding hydrogens is 280 g/mol. The predicted octanol–water partition coefficient (Wildman–Crippen LogP) is 2.78. The second kappa shape index (κ2) is 7.14. The molecule has 1 aromatic rings. The van der Waals surface area contributed by atoms with Crippen molar-refractivity contribution in [1.82, 2.24) is 10.6 Å². The standard InChI is InChI=1S/C14H19ClN2O3/c1-3-7-14(2,12(18)19)17-13(20)16-9-10-5-4-6-11(15)8-10/h4-6,8H,3,7,9H2,1-2H3,(H,18,19)(H2,16,17,20). The van der Waals surface area contributed by atoms with Gasteiger partial charge in [-0.3, -0.25) is 0 Å². The average Bonchev–Trinajstić information content (AvgIpc) is 2.36. The van der Waals surface area contributed by atoms with E-state index in [0.29, 0.717) is 17.9 Å². The van der Waals surface area contributed by atoms with Gasteiger partial charge in [0.15, 0.2) is 0 Å². The number of amides is 2. The maximum atomic E-state index is 11.8. The SMILES string of the molecule is CCCC(C)(NC(=O)NCc1cccc(Cl)c1)C(=O)O. The summed E-state index contributed by atoms with van der Waals surface area (Å²) in [4.78, 5) is 23.0. The third kappa shape index (κ3) is 4.74. The molecule has 2 amide bonds. The zero-order valence-corrected chi connectivity index (χ0v) is 12.3. The van der Waals surface area contributed by atoms with E-state index in [-0.39, 0.29) is 6.54 Å². The number of carbonyl (C=O) groups excluding carboxylic acids is 1. The van der Waals surface area contributed by atoms with E-state index in [4.69, 9.17) is 11.6 Å². The molecule has 0 heterocycles. The number of hydrogen-bond acceptors (Lipinski definition) is 2. The van der Waals surface area contributed by atoms with Crippen LogP contribution in [0.5, 0.6) is 0 Å². The van der Waals surface area contributed by atoms with Gasteiger partial charge >= 0.3 is 12.0 Å². The van der Waals surface area contributed by atoms with Crippen molar-refractivity contribution in [1.29, 1.82) is 0 Å². The molecular formula is C14H19ClN2O3. The average molecular weight is 299 g/mol. The molecule has 0 saturated heterocycles. The monoisotopic (exact) mass is 298 g/mol. The molecule has 6 heteroatoms. The Kier molecular flexibility index (Phi) is 5.82. The highest BCUT2D eigenvalue weighted by molar-refractivity contribution is 6.30. The molecule has 0 radical (unpaired) electrons. The number of nitrogens with one attached hydrogen (secondary N) is 2. The van der Waals surface area contributed by atoms with Gasteiger partial charge in [0, 0.05) is 11.6 Å². The molecule has 1 atom stereocenters. The lowest BCUT2D eigenvalue weighted by atomic mass is 9.97. The maximum Gasteiger partial charge on any atom is 0.329 e. The molecule has 0 aromatic heterocycles. The summed E-state index contributed by atoms with van der Waals surface area (Å²) in [6, 6.07) is 6.59. The highest BCUT2D eigenvalue weighted by Gasteiger charge is 2.33. The third-order valence-corrected chi connectivity index (χ3v) is 3.19. The van der Waals surface area contributed by atoms with E-state index in [9.17, 15) is 14.7 Å². The molecule has 1 rings (SSSR count). The number of benzene rings is 1. The molecule has 0 fully saturated rings. The van der Waals surface area contributed by atoms with Crippen molar-refractivity contribution < 1.29 is 14.7 Å². The van der Waals surface area contributed by atoms with E-state index >= 15 is 0 Å². The van der Waals surface area contributed by atoms with E-state index in [2.05, 4.69) is 10.6 Å².